The summed E-state index contributed by atoms with van der Waals surface area (Å²) in [5.74, 6) is -1.18. The SMILES string of the molecule is CC(C)(O)OC1CCC(C)(CO)O1. The van der Waals surface area contributed by atoms with Crippen LogP contribution >= 0.6 is 0 Å². The molecule has 0 bridgehead atoms. The summed E-state index contributed by atoms with van der Waals surface area (Å²) in [6, 6.07) is 0. The maximum absolute atomic E-state index is 9.36. The highest BCUT2D eigenvalue weighted by Crippen LogP contribution is 2.31. The van der Waals surface area contributed by atoms with Gasteiger partial charge in [-0.15, -0.1) is 0 Å². The van der Waals surface area contributed by atoms with Crippen LogP contribution < -0.4 is 0 Å². The Morgan fingerprint density at radius 3 is 2.62 bits per heavy atom. The van der Waals surface area contributed by atoms with Crippen LogP contribution in [0.15, 0.2) is 0 Å². The Morgan fingerprint density at radius 2 is 2.23 bits per heavy atom. The molecule has 1 aliphatic heterocycles. The van der Waals surface area contributed by atoms with Crippen LogP contribution in [0, 0.1) is 0 Å². The van der Waals surface area contributed by atoms with Crippen LogP contribution in [0.4, 0.5) is 0 Å². The third-order valence-electron chi connectivity index (χ3n) is 2.08. The maximum atomic E-state index is 9.36. The van der Waals surface area contributed by atoms with Crippen LogP contribution in [-0.2, 0) is 9.47 Å². The van der Waals surface area contributed by atoms with E-state index in [-0.39, 0.29) is 6.61 Å². The summed E-state index contributed by atoms with van der Waals surface area (Å²) in [5.41, 5.74) is -0.504. The van der Waals surface area contributed by atoms with E-state index >= 15 is 0 Å². The Hall–Kier alpha value is -0.160. The molecule has 1 saturated heterocycles. The van der Waals surface area contributed by atoms with Gasteiger partial charge >= 0.3 is 0 Å². The van der Waals surface area contributed by atoms with Gasteiger partial charge in [-0.2, -0.15) is 0 Å². The van der Waals surface area contributed by atoms with Crippen molar-refractivity contribution in [3.8, 4) is 0 Å². The maximum Gasteiger partial charge on any atom is 0.162 e. The van der Waals surface area contributed by atoms with E-state index in [4.69, 9.17) is 14.6 Å². The highest BCUT2D eigenvalue weighted by Gasteiger charge is 2.38. The largest absolute Gasteiger partial charge is 0.393 e. The predicted octanol–water partition coefficient (Wildman–Crippen LogP) is 0.619. The number of aliphatic hydroxyl groups is 2. The number of ether oxygens (including phenoxy) is 2. The fourth-order valence-electron chi connectivity index (χ4n) is 1.38. The van der Waals surface area contributed by atoms with E-state index in [0.29, 0.717) is 6.42 Å². The summed E-state index contributed by atoms with van der Waals surface area (Å²) < 4.78 is 10.7. The summed E-state index contributed by atoms with van der Waals surface area (Å²) in [6.45, 7) is 4.94. The molecule has 2 atom stereocenters. The second kappa shape index (κ2) is 3.53. The normalized spacial score (nSPS) is 35.3. The van der Waals surface area contributed by atoms with Crippen molar-refractivity contribution in [2.45, 2.75) is 51.3 Å². The lowest BCUT2D eigenvalue weighted by atomic mass is 10.1. The number of aliphatic hydroxyl groups excluding tert-OH is 1. The van der Waals surface area contributed by atoms with E-state index in [1.807, 2.05) is 6.92 Å². The molecule has 1 heterocycles. The van der Waals surface area contributed by atoms with Gasteiger partial charge in [-0.05, 0) is 27.2 Å². The minimum atomic E-state index is -1.18. The van der Waals surface area contributed by atoms with Crippen molar-refractivity contribution in [1.29, 1.82) is 0 Å². The quantitative estimate of drug-likeness (QED) is 0.640. The first-order valence-corrected chi connectivity index (χ1v) is 4.53. The molecular formula is C9H18O4. The van der Waals surface area contributed by atoms with E-state index in [2.05, 4.69) is 0 Å². The lowest BCUT2D eigenvalue weighted by Gasteiger charge is -2.26. The zero-order chi connectivity index (χ0) is 10.1. The van der Waals surface area contributed by atoms with E-state index in [0.717, 1.165) is 6.42 Å². The first kappa shape index (κ1) is 10.9. The number of hydrogen-bond donors (Lipinski definition) is 2. The highest BCUT2D eigenvalue weighted by atomic mass is 16.7. The third kappa shape index (κ3) is 3.23. The summed E-state index contributed by atoms with van der Waals surface area (Å²) in [7, 11) is 0. The number of hydrogen-bond acceptors (Lipinski definition) is 4. The monoisotopic (exact) mass is 190 g/mol. The standard InChI is InChI=1S/C9H18O4/c1-8(2,11)12-7-4-5-9(3,6-10)13-7/h7,10-11H,4-6H2,1-3H3. The van der Waals surface area contributed by atoms with E-state index in [1.54, 1.807) is 13.8 Å². The molecule has 2 unspecified atom stereocenters. The molecule has 1 rings (SSSR count). The fourth-order valence-corrected chi connectivity index (χ4v) is 1.38. The van der Waals surface area contributed by atoms with Crippen molar-refractivity contribution in [3.63, 3.8) is 0 Å². The lowest BCUT2D eigenvalue weighted by molar-refractivity contribution is -0.280. The van der Waals surface area contributed by atoms with Gasteiger partial charge in [0, 0.05) is 6.42 Å². The minimum absolute atomic E-state index is 0.0152. The van der Waals surface area contributed by atoms with Crippen molar-refractivity contribution < 1.29 is 19.7 Å². The molecule has 0 saturated carbocycles. The molecule has 13 heavy (non-hydrogen) atoms. The lowest BCUT2D eigenvalue weighted by Crippen LogP contribution is -2.34. The van der Waals surface area contributed by atoms with Gasteiger partial charge in [0.25, 0.3) is 0 Å². The smallest absolute Gasteiger partial charge is 0.162 e. The van der Waals surface area contributed by atoms with Crippen molar-refractivity contribution in [2.75, 3.05) is 6.61 Å². The molecule has 4 nitrogen and oxygen atoms in total. The van der Waals surface area contributed by atoms with Gasteiger partial charge in [-0.1, -0.05) is 0 Å². The average Bonchev–Trinajstić information content (AvgIpc) is 2.30. The van der Waals surface area contributed by atoms with Crippen LogP contribution in [0.2, 0.25) is 0 Å². The van der Waals surface area contributed by atoms with Gasteiger partial charge in [0.15, 0.2) is 12.1 Å². The second-order valence-corrected chi connectivity index (χ2v) is 4.26. The van der Waals surface area contributed by atoms with Gasteiger partial charge in [0.1, 0.15) is 0 Å². The Kier molecular flexibility index (Phi) is 2.97. The molecule has 2 N–H and O–H groups in total. The molecule has 0 aromatic heterocycles. The summed E-state index contributed by atoms with van der Waals surface area (Å²) in [5, 5.41) is 18.4. The number of rotatable bonds is 3. The van der Waals surface area contributed by atoms with Crippen LogP contribution in [0.3, 0.4) is 0 Å². The summed E-state index contributed by atoms with van der Waals surface area (Å²) >= 11 is 0. The van der Waals surface area contributed by atoms with E-state index in [1.165, 1.54) is 0 Å². The van der Waals surface area contributed by atoms with Crippen molar-refractivity contribution in [2.24, 2.45) is 0 Å². The average molecular weight is 190 g/mol. The van der Waals surface area contributed by atoms with Crippen molar-refractivity contribution in [3.05, 3.63) is 0 Å². The van der Waals surface area contributed by atoms with Gasteiger partial charge in [-0.25, -0.2) is 0 Å². The zero-order valence-electron chi connectivity index (χ0n) is 8.41. The summed E-state index contributed by atoms with van der Waals surface area (Å²) in [6.07, 6.45) is 1.06. The Bertz CT molecular complexity index is 175. The zero-order valence-corrected chi connectivity index (χ0v) is 8.41. The predicted molar refractivity (Wildman–Crippen MR) is 47.0 cm³/mol. The first-order chi connectivity index (χ1) is 5.85. The first-order valence-electron chi connectivity index (χ1n) is 4.53. The Morgan fingerprint density at radius 1 is 1.62 bits per heavy atom. The van der Waals surface area contributed by atoms with Crippen LogP contribution in [0.5, 0.6) is 0 Å². The topological polar surface area (TPSA) is 58.9 Å². The van der Waals surface area contributed by atoms with Crippen LogP contribution in [0.25, 0.3) is 0 Å². The molecule has 0 spiro atoms. The van der Waals surface area contributed by atoms with E-state index < -0.39 is 17.7 Å². The Labute approximate surface area is 78.5 Å². The molecule has 0 radical (unpaired) electrons. The van der Waals surface area contributed by atoms with Crippen molar-refractivity contribution in [1.82, 2.24) is 0 Å². The molecule has 0 aromatic carbocycles. The Balaban J connectivity index is 2.42. The molecule has 0 amide bonds. The second-order valence-electron chi connectivity index (χ2n) is 4.26. The molecule has 1 aliphatic rings. The molecule has 4 heteroatoms. The van der Waals surface area contributed by atoms with Crippen LogP contribution in [-0.4, -0.2) is 34.5 Å². The van der Waals surface area contributed by atoms with Gasteiger partial charge in [0.2, 0.25) is 0 Å². The fraction of sp³-hybridized carbons (Fsp3) is 1.00. The van der Waals surface area contributed by atoms with Gasteiger partial charge in [0.05, 0.1) is 12.2 Å². The molecular weight excluding hydrogens is 172 g/mol. The highest BCUT2D eigenvalue weighted by molar-refractivity contribution is 4.81. The summed E-state index contributed by atoms with van der Waals surface area (Å²) in [4.78, 5) is 0. The molecule has 78 valence electrons. The van der Waals surface area contributed by atoms with E-state index in [9.17, 15) is 5.11 Å². The van der Waals surface area contributed by atoms with Gasteiger partial charge < -0.3 is 19.7 Å². The van der Waals surface area contributed by atoms with Crippen LogP contribution in [0.1, 0.15) is 33.6 Å². The minimum Gasteiger partial charge on any atom is -0.393 e. The van der Waals surface area contributed by atoms with Crippen molar-refractivity contribution >= 4 is 0 Å². The molecule has 1 fully saturated rings. The van der Waals surface area contributed by atoms with Gasteiger partial charge in [-0.3, -0.25) is 0 Å². The molecule has 0 aromatic rings. The molecule has 0 aliphatic carbocycles. The third-order valence-corrected chi connectivity index (χ3v) is 2.08.